The van der Waals surface area contributed by atoms with Gasteiger partial charge in [-0.2, -0.15) is 5.10 Å². The molecule has 1 aliphatic carbocycles. The summed E-state index contributed by atoms with van der Waals surface area (Å²) in [5.74, 6) is -0.0261. The molecule has 1 aromatic carbocycles. The van der Waals surface area contributed by atoms with Crippen molar-refractivity contribution in [3.05, 3.63) is 52.8 Å². The average Bonchev–Trinajstić information content (AvgIpc) is 2.88. The molecule has 1 aromatic heterocycles. The summed E-state index contributed by atoms with van der Waals surface area (Å²) in [6.07, 6.45) is 4.82. The van der Waals surface area contributed by atoms with Crippen LogP contribution in [0.2, 0.25) is 0 Å². The summed E-state index contributed by atoms with van der Waals surface area (Å²) in [7, 11) is 0. The molecule has 1 aliphatic rings. The Morgan fingerprint density at radius 2 is 1.88 bits per heavy atom. The lowest BCUT2D eigenvalue weighted by molar-refractivity contribution is -0.127. The van der Waals surface area contributed by atoms with Crippen molar-refractivity contribution in [1.82, 2.24) is 15.1 Å². The van der Waals surface area contributed by atoms with Crippen LogP contribution in [0.5, 0.6) is 0 Å². The summed E-state index contributed by atoms with van der Waals surface area (Å²) in [4.78, 5) is 12.6. The molecule has 1 fully saturated rings. The summed E-state index contributed by atoms with van der Waals surface area (Å²) in [6.45, 7) is 5.28. The van der Waals surface area contributed by atoms with Gasteiger partial charge in [-0.05, 0) is 32.3 Å². The van der Waals surface area contributed by atoms with E-state index < -0.39 is 5.54 Å². The Hall–Kier alpha value is -2.14. The van der Waals surface area contributed by atoms with Gasteiger partial charge in [0.15, 0.2) is 0 Å². The van der Waals surface area contributed by atoms with E-state index in [9.17, 15) is 4.79 Å². The molecule has 134 valence electrons. The van der Waals surface area contributed by atoms with Crippen LogP contribution in [0.15, 0.2) is 30.3 Å². The van der Waals surface area contributed by atoms with Crippen molar-refractivity contribution >= 4 is 5.91 Å². The van der Waals surface area contributed by atoms with E-state index in [2.05, 4.69) is 29.5 Å². The second-order valence-corrected chi connectivity index (χ2v) is 7.19. The lowest BCUT2D eigenvalue weighted by Gasteiger charge is -2.31. The number of aryl methyl sites for hydroxylation is 1. The maximum absolute atomic E-state index is 12.6. The van der Waals surface area contributed by atoms with E-state index in [1.807, 2.05) is 29.8 Å². The smallest absolute Gasteiger partial charge is 0.240 e. The van der Waals surface area contributed by atoms with Crippen molar-refractivity contribution in [2.75, 3.05) is 0 Å². The zero-order valence-electron chi connectivity index (χ0n) is 15.2. The van der Waals surface area contributed by atoms with E-state index in [1.54, 1.807) is 0 Å². The molecule has 2 aromatic rings. The number of carbonyl (C=O) groups is 1. The van der Waals surface area contributed by atoms with Crippen LogP contribution >= 0.6 is 0 Å². The highest BCUT2D eigenvalue weighted by atomic mass is 16.2. The fraction of sp³-hybridized carbons (Fsp3) is 0.500. The fourth-order valence-corrected chi connectivity index (χ4v) is 3.65. The van der Waals surface area contributed by atoms with Crippen molar-refractivity contribution in [2.45, 2.75) is 64.6 Å². The average molecular weight is 340 g/mol. The fourth-order valence-electron chi connectivity index (χ4n) is 3.65. The van der Waals surface area contributed by atoms with Crippen LogP contribution in [-0.2, 0) is 17.9 Å². The third kappa shape index (κ3) is 3.93. The monoisotopic (exact) mass is 340 g/mol. The number of hydrogen-bond donors (Lipinski definition) is 2. The van der Waals surface area contributed by atoms with Gasteiger partial charge in [-0.1, -0.05) is 49.6 Å². The molecule has 0 atom stereocenters. The molecule has 25 heavy (non-hydrogen) atoms. The minimum Gasteiger partial charge on any atom is -0.350 e. The van der Waals surface area contributed by atoms with Crippen LogP contribution in [0.3, 0.4) is 0 Å². The van der Waals surface area contributed by atoms with E-state index in [0.29, 0.717) is 6.54 Å². The van der Waals surface area contributed by atoms with Crippen LogP contribution in [0, 0.1) is 13.8 Å². The van der Waals surface area contributed by atoms with Gasteiger partial charge in [0, 0.05) is 17.8 Å². The Morgan fingerprint density at radius 1 is 1.20 bits per heavy atom. The van der Waals surface area contributed by atoms with Crippen LogP contribution in [-0.4, -0.2) is 21.2 Å². The predicted molar refractivity (Wildman–Crippen MR) is 99.1 cm³/mol. The first kappa shape index (κ1) is 17.7. The van der Waals surface area contributed by atoms with E-state index in [4.69, 9.17) is 5.73 Å². The molecule has 1 amide bonds. The Labute approximate surface area is 149 Å². The van der Waals surface area contributed by atoms with Gasteiger partial charge >= 0.3 is 0 Å². The molecule has 3 rings (SSSR count). The molecule has 0 bridgehead atoms. The number of carbonyl (C=O) groups excluding carboxylic acids is 1. The standard InChI is InChI=1S/C20H28N4O/c1-15-18(13-22-19(25)20(21)11-7-4-8-12-20)16(2)24(23-15)14-17-9-5-3-6-10-17/h3,5-6,9-10H,4,7-8,11-14,21H2,1-2H3,(H,22,25). The lowest BCUT2D eigenvalue weighted by Crippen LogP contribution is -2.54. The largest absolute Gasteiger partial charge is 0.350 e. The normalized spacial score (nSPS) is 16.6. The highest BCUT2D eigenvalue weighted by Gasteiger charge is 2.35. The topological polar surface area (TPSA) is 72.9 Å². The van der Waals surface area contributed by atoms with Crippen LogP contribution in [0.25, 0.3) is 0 Å². The summed E-state index contributed by atoms with van der Waals surface area (Å²) in [5, 5.41) is 7.70. The number of nitrogens with zero attached hydrogens (tertiary/aromatic N) is 2. The molecule has 5 nitrogen and oxygen atoms in total. The number of rotatable bonds is 5. The molecular weight excluding hydrogens is 312 g/mol. The first-order chi connectivity index (χ1) is 12.0. The van der Waals surface area contributed by atoms with Gasteiger partial charge < -0.3 is 11.1 Å². The van der Waals surface area contributed by atoms with E-state index in [-0.39, 0.29) is 5.91 Å². The van der Waals surface area contributed by atoms with Gasteiger partial charge in [0.05, 0.1) is 17.8 Å². The van der Waals surface area contributed by atoms with Crippen LogP contribution in [0.1, 0.15) is 54.6 Å². The van der Waals surface area contributed by atoms with Crippen molar-refractivity contribution in [1.29, 1.82) is 0 Å². The Bertz CT molecular complexity index is 730. The molecule has 0 saturated heterocycles. The van der Waals surface area contributed by atoms with Gasteiger partial charge in [-0.15, -0.1) is 0 Å². The molecule has 3 N–H and O–H groups in total. The highest BCUT2D eigenvalue weighted by Crippen LogP contribution is 2.26. The van der Waals surface area contributed by atoms with Crippen LogP contribution < -0.4 is 11.1 Å². The third-order valence-electron chi connectivity index (χ3n) is 5.33. The maximum Gasteiger partial charge on any atom is 0.240 e. The molecule has 1 heterocycles. The van der Waals surface area contributed by atoms with Crippen molar-refractivity contribution in [3.63, 3.8) is 0 Å². The summed E-state index contributed by atoms with van der Waals surface area (Å²) < 4.78 is 2.00. The summed E-state index contributed by atoms with van der Waals surface area (Å²) >= 11 is 0. The number of nitrogens with two attached hydrogens (primary N) is 1. The first-order valence-electron chi connectivity index (χ1n) is 9.13. The van der Waals surface area contributed by atoms with E-state index >= 15 is 0 Å². The molecular formula is C20H28N4O. The Kier molecular flexibility index (Phi) is 5.23. The molecule has 0 radical (unpaired) electrons. The van der Waals surface area contributed by atoms with Gasteiger partial charge in [-0.3, -0.25) is 9.48 Å². The maximum atomic E-state index is 12.6. The number of benzene rings is 1. The second-order valence-electron chi connectivity index (χ2n) is 7.19. The number of amides is 1. The quantitative estimate of drug-likeness (QED) is 0.879. The zero-order valence-corrected chi connectivity index (χ0v) is 15.2. The number of hydrogen-bond acceptors (Lipinski definition) is 3. The van der Waals surface area contributed by atoms with Gasteiger partial charge in [0.1, 0.15) is 0 Å². The van der Waals surface area contributed by atoms with Crippen molar-refractivity contribution in [2.24, 2.45) is 5.73 Å². The molecule has 0 spiro atoms. The lowest BCUT2D eigenvalue weighted by atomic mass is 9.82. The van der Waals surface area contributed by atoms with Gasteiger partial charge in [0.2, 0.25) is 5.91 Å². The third-order valence-corrected chi connectivity index (χ3v) is 5.33. The van der Waals surface area contributed by atoms with Crippen LogP contribution in [0.4, 0.5) is 0 Å². The number of nitrogens with one attached hydrogen (secondary N) is 1. The summed E-state index contributed by atoms with van der Waals surface area (Å²) in [6, 6.07) is 10.3. The predicted octanol–water partition coefficient (Wildman–Crippen LogP) is 2.83. The minimum absolute atomic E-state index is 0.0261. The Balaban J connectivity index is 1.67. The Morgan fingerprint density at radius 3 is 2.56 bits per heavy atom. The molecule has 5 heteroatoms. The van der Waals surface area contributed by atoms with Crippen molar-refractivity contribution in [3.8, 4) is 0 Å². The van der Waals surface area contributed by atoms with Gasteiger partial charge in [-0.25, -0.2) is 0 Å². The molecule has 1 saturated carbocycles. The van der Waals surface area contributed by atoms with Crippen molar-refractivity contribution < 1.29 is 4.79 Å². The SMILES string of the molecule is Cc1nn(Cc2ccccc2)c(C)c1CNC(=O)C1(N)CCCCC1. The number of aromatic nitrogens is 2. The summed E-state index contributed by atoms with van der Waals surface area (Å²) in [5.41, 5.74) is 9.98. The second kappa shape index (κ2) is 7.40. The zero-order chi connectivity index (χ0) is 17.9. The minimum atomic E-state index is -0.694. The molecule has 0 unspecified atom stereocenters. The molecule has 0 aliphatic heterocycles. The first-order valence-corrected chi connectivity index (χ1v) is 9.13. The van der Waals surface area contributed by atoms with Gasteiger partial charge in [0.25, 0.3) is 0 Å². The highest BCUT2D eigenvalue weighted by molar-refractivity contribution is 5.86. The van der Waals surface area contributed by atoms with E-state index in [0.717, 1.165) is 49.2 Å². The van der Waals surface area contributed by atoms with E-state index in [1.165, 1.54) is 12.0 Å².